The van der Waals surface area contributed by atoms with Crippen LogP contribution in [0.1, 0.15) is 46.3 Å². The lowest BCUT2D eigenvalue weighted by molar-refractivity contribution is 0.176. The quantitative estimate of drug-likeness (QED) is 0.909. The molecular weight excluding hydrogens is 236 g/mol. The zero-order valence-electron chi connectivity index (χ0n) is 11.6. The number of rotatable bonds is 3. The molecule has 1 atom stereocenters. The zero-order chi connectivity index (χ0) is 13.4. The number of hydrogen-bond donors (Lipinski definition) is 1. The van der Waals surface area contributed by atoms with Gasteiger partial charge in [-0.1, -0.05) is 18.2 Å². The van der Waals surface area contributed by atoms with Crippen molar-refractivity contribution in [1.82, 2.24) is 0 Å². The van der Waals surface area contributed by atoms with Crippen molar-refractivity contribution in [2.45, 2.75) is 45.6 Å². The van der Waals surface area contributed by atoms with E-state index in [4.69, 9.17) is 4.42 Å². The highest BCUT2D eigenvalue weighted by molar-refractivity contribution is 5.36. The summed E-state index contributed by atoms with van der Waals surface area (Å²) in [4.78, 5) is 0. The largest absolute Gasteiger partial charge is 0.466 e. The van der Waals surface area contributed by atoms with E-state index in [0.29, 0.717) is 6.42 Å². The van der Waals surface area contributed by atoms with Gasteiger partial charge in [-0.15, -0.1) is 0 Å². The Bertz CT molecular complexity index is 595. The molecule has 100 valence electrons. The Morgan fingerprint density at radius 2 is 1.95 bits per heavy atom. The van der Waals surface area contributed by atoms with E-state index in [2.05, 4.69) is 18.2 Å². The normalized spacial score (nSPS) is 15.5. The predicted octanol–water partition coefficient (Wildman–Crippen LogP) is 3.66. The highest BCUT2D eigenvalue weighted by Crippen LogP contribution is 2.27. The zero-order valence-corrected chi connectivity index (χ0v) is 11.6. The molecule has 1 aliphatic carbocycles. The molecule has 0 amide bonds. The van der Waals surface area contributed by atoms with Crippen molar-refractivity contribution in [3.05, 3.63) is 58.0 Å². The number of aliphatic hydroxyl groups is 1. The molecule has 3 rings (SSSR count). The fraction of sp³-hybridized carbons (Fsp3) is 0.412. The van der Waals surface area contributed by atoms with Crippen LogP contribution >= 0.6 is 0 Å². The third-order valence-electron chi connectivity index (χ3n) is 4.03. The van der Waals surface area contributed by atoms with Crippen LogP contribution in [0.25, 0.3) is 0 Å². The molecule has 2 nitrogen and oxygen atoms in total. The Balaban J connectivity index is 1.79. The van der Waals surface area contributed by atoms with Crippen molar-refractivity contribution in [3.63, 3.8) is 0 Å². The molecule has 0 aliphatic heterocycles. The summed E-state index contributed by atoms with van der Waals surface area (Å²) < 4.78 is 5.49. The van der Waals surface area contributed by atoms with Crippen molar-refractivity contribution in [2.75, 3.05) is 0 Å². The number of furan rings is 1. The maximum Gasteiger partial charge on any atom is 0.106 e. The maximum absolute atomic E-state index is 10.4. The molecule has 1 aromatic heterocycles. The molecule has 19 heavy (non-hydrogen) atoms. The van der Waals surface area contributed by atoms with Gasteiger partial charge in [0.15, 0.2) is 0 Å². The van der Waals surface area contributed by atoms with Gasteiger partial charge in [-0.2, -0.15) is 0 Å². The minimum atomic E-state index is -0.475. The van der Waals surface area contributed by atoms with Gasteiger partial charge in [-0.25, -0.2) is 0 Å². The van der Waals surface area contributed by atoms with Crippen LogP contribution in [0, 0.1) is 13.8 Å². The molecule has 1 N–H and O–H groups in total. The molecule has 1 aliphatic rings. The van der Waals surface area contributed by atoms with Gasteiger partial charge in [0.1, 0.15) is 11.5 Å². The smallest absolute Gasteiger partial charge is 0.106 e. The topological polar surface area (TPSA) is 33.4 Å². The van der Waals surface area contributed by atoms with Crippen LogP contribution in [0.3, 0.4) is 0 Å². The van der Waals surface area contributed by atoms with E-state index in [0.717, 1.165) is 17.1 Å². The monoisotopic (exact) mass is 256 g/mol. The van der Waals surface area contributed by atoms with Crippen LogP contribution in [-0.2, 0) is 19.3 Å². The third-order valence-corrected chi connectivity index (χ3v) is 4.03. The van der Waals surface area contributed by atoms with E-state index < -0.39 is 6.10 Å². The Hall–Kier alpha value is -1.54. The lowest BCUT2D eigenvalue weighted by atomic mass is 9.98. The maximum atomic E-state index is 10.4. The van der Waals surface area contributed by atoms with Crippen LogP contribution in [0.15, 0.2) is 28.7 Å². The highest BCUT2D eigenvalue weighted by atomic mass is 16.3. The fourth-order valence-corrected chi connectivity index (χ4v) is 3.07. The molecule has 0 fully saturated rings. The lowest BCUT2D eigenvalue weighted by Gasteiger charge is -2.11. The lowest BCUT2D eigenvalue weighted by Crippen LogP contribution is -2.02. The van der Waals surface area contributed by atoms with Gasteiger partial charge in [0.05, 0.1) is 6.10 Å². The van der Waals surface area contributed by atoms with Crippen molar-refractivity contribution >= 4 is 0 Å². The molecule has 1 heterocycles. The number of hydrogen-bond acceptors (Lipinski definition) is 2. The van der Waals surface area contributed by atoms with Gasteiger partial charge in [-0.3, -0.25) is 0 Å². The SMILES string of the molecule is Cc1cc(C(O)Cc2ccc3c(c2)CCC3)c(C)o1. The first-order valence-electron chi connectivity index (χ1n) is 6.99. The van der Waals surface area contributed by atoms with E-state index in [1.54, 1.807) is 0 Å². The molecule has 0 bridgehead atoms. The van der Waals surface area contributed by atoms with Crippen LogP contribution in [0.5, 0.6) is 0 Å². The van der Waals surface area contributed by atoms with Gasteiger partial charge >= 0.3 is 0 Å². The van der Waals surface area contributed by atoms with E-state index in [9.17, 15) is 5.11 Å². The second kappa shape index (κ2) is 4.86. The average Bonchev–Trinajstić information content (AvgIpc) is 2.94. The first kappa shape index (κ1) is 12.5. The summed E-state index contributed by atoms with van der Waals surface area (Å²) in [7, 11) is 0. The first-order valence-corrected chi connectivity index (χ1v) is 6.99. The second-order valence-corrected chi connectivity index (χ2v) is 5.55. The Kier molecular flexibility index (Phi) is 3.19. The predicted molar refractivity (Wildman–Crippen MR) is 75.3 cm³/mol. The number of aryl methyl sites for hydroxylation is 4. The van der Waals surface area contributed by atoms with Crippen molar-refractivity contribution < 1.29 is 9.52 Å². The molecule has 0 spiro atoms. The van der Waals surface area contributed by atoms with E-state index >= 15 is 0 Å². The molecule has 2 aromatic rings. The van der Waals surface area contributed by atoms with Crippen LogP contribution < -0.4 is 0 Å². The Labute approximate surface area is 114 Å². The summed E-state index contributed by atoms with van der Waals surface area (Å²) in [6.45, 7) is 3.83. The van der Waals surface area contributed by atoms with Gasteiger partial charge < -0.3 is 9.52 Å². The van der Waals surface area contributed by atoms with Crippen LogP contribution in [0.2, 0.25) is 0 Å². The minimum absolute atomic E-state index is 0.475. The van der Waals surface area contributed by atoms with Crippen molar-refractivity contribution in [2.24, 2.45) is 0 Å². The van der Waals surface area contributed by atoms with E-state index in [1.165, 1.54) is 36.0 Å². The first-order chi connectivity index (χ1) is 9.13. The molecule has 0 saturated heterocycles. The van der Waals surface area contributed by atoms with Crippen LogP contribution in [0.4, 0.5) is 0 Å². The molecular formula is C17H20O2. The van der Waals surface area contributed by atoms with E-state index in [1.807, 2.05) is 19.9 Å². The second-order valence-electron chi connectivity index (χ2n) is 5.55. The summed E-state index contributed by atoms with van der Waals surface area (Å²) in [5.74, 6) is 1.69. The number of aliphatic hydroxyl groups excluding tert-OH is 1. The minimum Gasteiger partial charge on any atom is -0.466 e. The molecule has 1 aromatic carbocycles. The fourth-order valence-electron chi connectivity index (χ4n) is 3.07. The van der Waals surface area contributed by atoms with Gasteiger partial charge in [0.25, 0.3) is 0 Å². The van der Waals surface area contributed by atoms with Gasteiger partial charge in [-0.05, 0) is 55.9 Å². The highest BCUT2D eigenvalue weighted by Gasteiger charge is 2.17. The summed E-state index contributed by atoms with van der Waals surface area (Å²) in [5.41, 5.74) is 5.07. The van der Waals surface area contributed by atoms with E-state index in [-0.39, 0.29) is 0 Å². The molecule has 0 saturated carbocycles. The molecule has 2 heteroatoms. The van der Waals surface area contributed by atoms with Gasteiger partial charge in [0, 0.05) is 12.0 Å². The third kappa shape index (κ3) is 2.45. The summed E-state index contributed by atoms with van der Waals surface area (Å²) in [6, 6.07) is 8.56. The van der Waals surface area contributed by atoms with Crippen LogP contribution in [-0.4, -0.2) is 5.11 Å². The van der Waals surface area contributed by atoms with Crippen molar-refractivity contribution in [1.29, 1.82) is 0 Å². The Morgan fingerprint density at radius 1 is 1.16 bits per heavy atom. The Morgan fingerprint density at radius 3 is 2.68 bits per heavy atom. The molecule has 1 unspecified atom stereocenters. The summed E-state index contributed by atoms with van der Waals surface area (Å²) in [5, 5.41) is 10.4. The molecule has 0 radical (unpaired) electrons. The number of fused-ring (bicyclic) bond motifs is 1. The number of benzene rings is 1. The standard InChI is InChI=1S/C17H20O2/c1-11-8-16(12(2)19-11)17(18)10-13-6-7-14-4-3-5-15(14)9-13/h6-9,17-18H,3-5,10H2,1-2H3. The van der Waals surface area contributed by atoms with Gasteiger partial charge in [0.2, 0.25) is 0 Å². The summed E-state index contributed by atoms with van der Waals surface area (Å²) >= 11 is 0. The van der Waals surface area contributed by atoms with Crippen molar-refractivity contribution in [3.8, 4) is 0 Å². The summed E-state index contributed by atoms with van der Waals surface area (Å²) in [6.07, 6.45) is 3.84. The average molecular weight is 256 g/mol.